The van der Waals surface area contributed by atoms with Crippen LogP contribution in [0.3, 0.4) is 0 Å². The second-order valence-corrected chi connectivity index (χ2v) is 8.29. The van der Waals surface area contributed by atoms with Crippen LogP contribution in [0.2, 0.25) is 0 Å². The van der Waals surface area contributed by atoms with Gasteiger partial charge in [-0.2, -0.15) is 0 Å². The van der Waals surface area contributed by atoms with Crippen LogP contribution in [0.1, 0.15) is 51.5 Å². The highest BCUT2D eigenvalue weighted by Crippen LogP contribution is 2.25. The number of rotatable bonds is 9. The number of ether oxygens (including phenoxy) is 2. The second-order valence-electron chi connectivity index (χ2n) is 8.29. The van der Waals surface area contributed by atoms with E-state index >= 15 is 0 Å². The molecule has 0 aliphatic heterocycles. The molecular formula is C23H32N2O6. The van der Waals surface area contributed by atoms with Crippen LogP contribution < -0.4 is 10.6 Å². The summed E-state index contributed by atoms with van der Waals surface area (Å²) in [6, 6.07) is 7.40. The summed E-state index contributed by atoms with van der Waals surface area (Å²) in [6.07, 6.45) is 1.68. The van der Waals surface area contributed by atoms with Crippen molar-refractivity contribution in [2.24, 2.45) is 11.8 Å². The molecule has 0 saturated heterocycles. The lowest BCUT2D eigenvalue weighted by atomic mass is 9.83. The minimum Gasteiger partial charge on any atom is -0.467 e. The highest BCUT2D eigenvalue weighted by Gasteiger charge is 2.36. The van der Waals surface area contributed by atoms with E-state index in [1.807, 2.05) is 44.2 Å². The van der Waals surface area contributed by atoms with E-state index in [2.05, 4.69) is 10.6 Å². The summed E-state index contributed by atoms with van der Waals surface area (Å²) < 4.78 is 10.1. The molecule has 0 unspecified atom stereocenters. The van der Waals surface area contributed by atoms with Gasteiger partial charge in [-0.3, -0.25) is 9.59 Å². The maximum atomic E-state index is 13.0. The van der Waals surface area contributed by atoms with Crippen LogP contribution >= 0.6 is 0 Å². The number of Topliss-reactive ketones (excluding diaryl/α,β-unsaturated/α-hetero) is 1. The van der Waals surface area contributed by atoms with E-state index in [1.165, 1.54) is 7.11 Å². The van der Waals surface area contributed by atoms with Crippen LogP contribution in [0.4, 0.5) is 4.79 Å². The van der Waals surface area contributed by atoms with E-state index < -0.39 is 30.1 Å². The number of hydrogen-bond acceptors (Lipinski definition) is 6. The zero-order chi connectivity index (χ0) is 22.8. The first-order chi connectivity index (χ1) is 14.8. The lowest BCUT2D eigenvalue weighted by Crippen LogP contribution is -2.55. The van der Waals surface area contributed by atoms with E-state index in [9.17, 15) is 19.2 Å². The molecule has 1 aliphatic carbocycles. The molecular weight excluding hydrogens is 400 g/mol. The molecule has 1 fully saturated rings. The number of esters is 1. The molecule has 31 heavy (non-hydrogen) atoms. The smallest absolute Gasteiger partial charge is 0.408 e. The Morgan fingerprint density at radius 2 is 1.84 bits per heavy atom. The first-order valence-electron chi connectivity index (χ1n) is 10.7. The molecule has 0 radical (unpaired) electrons. The molecule has 2 N–H and O–H groups in total. The topological polar surface area (TPSA) is 111 Å². The van der Waals surface area contributed by atoms with Gasteiger partial charge in [0, 0.05) is 12.8 Å². The summed E-state index contributed by atoms with van der Waals surface area (Å²) in [5.74, 6) is -1.23. The number of hydrogen-bond donors (Lipinski definition) is 2. The van der Waals surface area contributed by atoms with Gasteiger partial charge in [0.1, 0.15) is 24.5 Å². The number of carbonyl (C=O) groups excluding carboxylic acids is 4. The third-order valence-corrected chi connectivity index (χ3v) is 5.27. The summed E-state index contributed by atoms with van der Waals surface area (Å²) >= 11 is 0. The van der Waals surface area contributed by atoms with Gasteiger partial charge in [0.25, 0.3) is 0 Å². The zero-order valence-electron chi connectivity index (χ0n) is 18.4. The number of carbonyl (C=O) groups is 4. The van der Waals surface area contributed by atoms with Gasteiger partial charge >= 0.3 is 12.1 Å². The van der Waals surface area contributed by atoms with Crippen molar-refractivity contribution in [3.63, 3.8) is 0 Å². The molecule has 1 saturated carbocycles. The summed E-state index contributed by atoms with van der Waals surface area (Å²) in [7, 11) is 1.25. The van der Waals surface area contributed by atoms with Crippen LogP contribution in [0.15, 0.2) is 30.3 Å². The molecule has 8 heteroatoms. The zero-order valence-corrected chi connectivity index (χ0v) is 18.4. The molecule has 2 rings (SSSR count). The third kappa shape index (κ3) is 8.03. The third-order valence-electron chi connectivity index (χ3n) is 5.27. The fourth-order valence-electron chi connectivity index (χ4n) is 3.70. The van der Waals surface area contributed by atoms with Crippen LogP contribution in [-0.2, 0) is 30.5 Å². The van der Waals surface area contributed by atoms with Gasteiger partial charge in [0.05, 0.1) is 7.11 Å². The minimum atomic E-state index is -0.932. The molecule has 2 amide bonds. The van der Waals surface area contributed by atoms with Crippen molar-refractivity contribution in [1.82, 2.24) is 10.6 Å². The van der Waals surface area contributed by atoms with Crippen LogP contribution in [0.5, 0.6) is 0 Å². The van der Waals surface area contributed by atoms with E-state index in [0.29, 0.717) is 25.7 Å². The van der Waals surface area contributed by atoms with Crippen molar-refractivity contribution in [2.75, 3.05) is 7.11 Å². The average Bonchev–Trinajstić information content (AvgIpc) is 2.75. The molecule has 0 heterocycles. The molecule has 1 aromatic carbocycles. The fraction of sp³-hybridized carbons (Fsp3) is 0.565. The van der Waals surface area contributed by atoms with E-state index in [0.717, 1.165) is 5.56 Å². The first-order valence-corrected chi connectivity index (χ1v) is 10.7. The number of nitrogens with one attached hydrogen (secondary N) is 2. The molecule has 1 aromatic rings. The highest BCUT2D eigenvalue weighted by atomic mass is 16.5. The van der Waals surface area contributed by atoms with Crippen molar-refractivity contribution in [1.29, 1.82) is 0 Å². The molecule has 0 aromatic heterocycles. The van der Waals surface area contributed by atoms with Crippen molar-refractivity contribution >= 4 is 23.8 Å². The van der Waals surface area contributed by atoms with Crippen molar-refractivity contribution in [3.8, 4) is 0 Å². The fourth-order valence-corrected chi connectivity index (χ4v) is 3.70. The van der Waals surface area contributed by atoms with Gasteiger partial charge in [-0.15, -0.1) is 0 Å². The quantitative estimate of drug-likeness (QED) is 0.581. The largest absolute Gasteiger partial charge is 0.467 e. The van der Waals surface area contributed by atoms with Crippen LogP contribution in [0.25, 0.3) is 0 Å². The number of ketones is 1. The summed E-state index contributed by atoms with van der Waals surface area (Å²) in [5.41, 5.74) is 0.829. The number of alkyl carbamates (subject to hydrolysis) is 1. The van der Waals surface area contributed by atoms with Crippen molar-refractivity contribution in [2.45, 2.75) is 64.6 Å². The Balaban J connectivity index is 2.02. The van der Waals surface area contributed by atoms with Crippen molar-refractivity contribution < 1.29 is 28.7 Å². The first kappa shape index (κ1) is 24.4. The van der Waals surface area contributed by atoms with Crippen LogP contribution in [0, 0.1) is 11.8 Å². The van der Waals surface area contributed by atoms with Gasteiger partial charge in [-0.25, -0.2) is 9.59 Å². The van der Waals surface area contributed by atoms with Gasteiger partial charge in [0.15, 0.2) is 0 Å². The van der Waals surface area contributed by atoms with Gasteiger partial charge in [-0.1, -0.05) is 44.2 Å². The number of methoxy groups -OCH3 is 1. The predicted octanol–water partition coefficient (Wildman–Crippen LogP) is 2.74. The Bertz CT molecular complexity index is 765. The van der Waals surface area contributed by atoms with Gasteiger partial charge in [-0.05, 0) is 36.7 Å². The average molecular weight is 433 g/mol. The maximum Gasteiger partial charge on any atom is 0.408 e. The summed E-state index contributed by atoms with van der Waals surface area (Å²) in [6.45, 7) is 3.93. The molecule has 0 bridgehead atoms. The Morgan fingerprint density at radius 3 is 2.45 bits per heavy atom. The molecule has 8 nitrogen and oxygen atoms in total. The monoisotopic (exact) mass is 432 g/mol. The minimum absolute atomic E-state index is 0.0701. The Hall–Kier alpha value is -2.90. The lowest BCUT2D eigenvalue weighted by Gasteiger charge is -2.30. The summed E-state index contributed by atoms with van der Waals surface area (Å²) in [5, 5.41) is 5.31. The molecule has 170 valence electrons. The normalized spacial score (nSPS) is 18.1. The molecule has 1 aliphatic rings. The molecule has 0 spiro atoms. The van der Waals surface area contributed by atoms with E-state index in [4.69, 9.17) is 9.47 Å². The SMILES string of the molecule is COC(=O)[C@H](NC(=O)[C@H](CC(C)C)NC(=O)OCc1ccccc1)[C@@H]1CCCC(=O)C1. The highest BCUT2D eigenvalue weighted by molar-refractivity contribution is 5.90. The van der Waals surface area contributed by atoms with Crippen molar-refractivity contribution in [3.05, 3.63) is 35.9 Å². The van der Waals surface area contributed by atoms with Gasteiger partial charge in [0.2, 0.25) is 5.91 Å². The molecule has 3 atom stereocenters. The van der Waals surface area contributed by atoms with Gasteiger partial charge < -0.3 is 20.1 Å². The van der Waals surface area contributed by atoms with E-state index in [1.54, 1.807) is 0 Å². The number of benzene rings is 1. The predicted molar refractivity (Wildman–Crippen MR) is 114 cm³/mol. The maximum absolute atomic E-state index is 13.0. The van der Waals surface area contributed by atoms with Crippen LogP contribution in [-0.4, -0.2) is 42.9 Å². The standard InChI is InChI=1S/C23H32N2O6/c1-15(2)12-19(24-23(29)31-14-16-8-5-4-6-9-16)21(27)25-20(22(28)30-3)17-10-7-11-18(26)13-17/h4-6,8-9,15,17,19-20H,7,10-14H2,1-3H3,(H,24,29)(H,25,27)/t17-,19+,20-/m1/s1. The van der Waals surface area contributed by atoms with E-state index in [-0.39, 0.29) is 30.6 Å². The Labute approximate surface area is 183 Å². The summed E-state index contributed by atoms with van der Waals surface area (Å²) in [4.78, 5) is 49.4. The second kappa shape index (κ2) is 12.1. The number of amides is 2. The lowest BCUT2D eigenvalue weighted by molar-refractivity contribution is -0.147. The Morgan fingerprint density at radius 1 is 1.13 bits per heavy atom. The Kier molecular flexibility index (Phi) is 9.49.